The molecule has 4 saturated heterocycles. The van der Waals surface area contributed by atoms with Crippen LogP contribution in [0.4, 0.5) is 0 Å². The van der Waals surface area contributed by atoms with Crippen LogP contribution in [-0.4, -0.2) is 221 Å². The molecule has 4 aliphatic heterocycles. The average Bonchev–Trinajstić information content (AvgIpc) is 3.29. The van der Waals surface area contributed by atoms with Gasteiger partial charge in [-0.25, -0.2) is 0 Å². The lowest BCUT2D eigenvalue weighted by atomic mass is 9.61. The monoisotopic (exact) mass is 1070 g/mol. The quantitative estimate of drug-likeness (QED) is 0.0809. The Morgan fingerprint density at radius 1 is 0.568 bits per heavy atom. The zero-order valence-electron chi connectivity index (χ0n) is 47.3. The number of rotatable bonds is 14. The number of amides is 2. The summed E-state index contributed by atoms with van der Waals surface area (Å²) >= 11 is 0. The van der Waals surface area contributed by atoms with Gasteiger partial charge in [0, 0.05) is 41.8 Å². The molecule has 0 aliphatic carbocycles. The highest BCUT2D eigenvalue weighted by atomic mass is 16.7. The van der Waals surface area contributed by atoms with Crippen molar-refractivity contribution in [2.45, 2.75) is 247 Å². The molecule has 0 aromatic heterocycles. The number of aliphatic carboxylic acids is 2. The van der Waals surface area contributed by atoms with E-state index in [1.807, 2.05) is 0 Å². The molecule has 4 fully saturated rings. The van der Waals surface area contributed by atoms with Crippen molar-refractivity contribution in [3.63, 3.8) is 0 Å². The second-order valence-corrected chi connectivity index (χ2v) is 22.4. The van der Waals surface area contributed by atoms with Gasteiger partial charge in [-0.1, -0.05) is 0 Å². The number of nitrogens with one attached hydrogen (secondary N) is 2. The zero-order valence-corrected chi connectivity index (χ0v) is 47.3. The van der Waals surface area contributed by atoms with Crippen molar-refractivity contribution >= 4 is 23.8 Å². The molecule has 0 aromatic rings. The second-order valence-electron chi connectivity index (χ2n) is 22.4. The Morgan fingerprint density at radius 3 is 1.12 bits per heavy atom. The van der Waals surface area contributed by atoms with Gasteiger partial charge < -0.3 is 114 Å². The molecule has 10 N–H and O–H groups in total. The first-order chi connectivity index (χ1) is 33.2. The molecule has 20 unspecified atom stereocenters. The SMILES string of the molecule is CCOCC1(C)OC(OC2(C)C(C)(C(=O)[O-])OC(C)C(C)(O)C2(C)O)C(C)(NC(C)=O)C(C)(OC)C1O.CO.COC1(C)C(O)C(C)(CO)OC(OC2(C)C(C)(C(=O)[O-])OC(C)C(C)(O)C2(C)O)C1(C)NC(C)=O. The van der Waals surface area contributed by atoms with Crippen molar-refractivity contribution in [1.82, 2.24) is 10.6 Å². The number of carboxylic acids is 2. The van der Waals surface area contributed by atoms with Crippen LogP contribution >= 0.6 is 0 Å². The van der Waals surface area contributed by atoms with Crippen LogP contribution in [0.2, 0.25) is 0 Å². The van der Waals surface area contributed by atoms with Crippen LogP contribution in [0.3, 0.4) is 0 Å². The Labute approximate surface area is 434 Å². The molecule has 4 rings (SSSR count). The normalized spacial score (nSPS) is 50.2. The van der Waals surface area contributed by atoms with Crippen LogP contribution in [0.25, 0.3) is 0 Å². The molecule has 74 heavy (non-hydrogen) atoms. The van der Waals surface area contributed by atoms with E-state index < -0.39 is 146 Å². The third-order valence-corrected chi connectivity index (χ3v) is 18.1. The van der Waals surface area contributed by atoms with Crippen molar-refractivity contribution in [2.75, 3.05) is 41.2 Å². The third-order valence-electron chi connectivity index (χ3n) is 18.1. The van der Waals surface area contributed by atoms with Crippen LogP contribution in [0, 0.1) is 0 Å². The molecule has 4 heterocycles. The lowest BCUT2D eigenvalue weighted by molar-refractivity contribution is -0.441. The second kappa shape index (κ2) is 21.4. The minimum atomic E-state index is -2.34. The number of aliphatic hydroxyl groups excluding tert-OH is 4. The maximum absolute atomic E-state index is 12.5. The molecule has 434 valence electrons. The van der Waals surface area contributed by atoms with Crippen LogP contribution in [0.15, 0.2) is 0 Å². The van der Waals surface area contributed by atoms with Crippen molar-refractivity contribution in [3.05, 3.63) is 0 Å². The Bertz CT molecular complexity index is 2040. The molecule has 0 saturated carbocycles. The summed E-state index contributed by atoms with van der Waals surface area (Å²) in [7, 11) is 3.62. The van der Waals surface area contributed by atoms with Crippen molar-refractivity contribution in [3.8, 4) is 0 Å². The highest BCUT2D eigenvalue weighted by molar-refractivity contribution is 5.79. The van der Waals surface area contributed by atoms with Crippen LogP contribution in [-0.2, 0) is 61.8 Å². The Kier molecular flexibility index (Phi) is 19.5. The number of methoxy groups -OCH3 is 2. The molecular weight excluding hydrogens is 985 g/mol. The highest BCUT2D eigenvalue weighted by Gasteiger charge is 2.77. The van der Waals surface area contributed by atoms with Crippen LogP contribution in [0.1, 0.15) is 132 Å². The molecule has 4 aliphatic rings. The van der Waals surface area contributed by atoms with Gasteiger partial charge in [0.05, 0.1) is 37.4 Å². The molecule has 0 bridgehead atoms. The fraction of sp³-hybridized carbons (Fsp3) is 0.918. The summed E-state index contributed by atoms with van der Waals surface area (Å²) in [4.78, 5) is 49.6. The van der Waals surface area contributed by atoms with Gasteiger partial charge in [-0.15, -0.1) is 0 Å². The zero-order chi connectivity index (χ0) is 58.7. The summed E-state index contributed by atoms with van der Waals surface area (Å²) < 4.78 is 53.4. The minimum Gasteiger partial charge on any atom is -0.547 e. The number of carbonyl (C=O) groups is 4. The maximum Gasteiger partial charge on any atom is 0.217 e. The van der Waals surface area contributed by atoms with Gasteiger partial charge in [0.1, 0.15) is 90.5 Å². The van der Waals surface area contributed by atoms with Crippen LogP contribution in [0.5, 0.6) is 0 Å². The van der Waals surface area contributed by atoms with Crippen molar-refractivity contribution in [1.29, 1.82) is 0 Å². The van der Waals surface area contributed by atoms with Gasteiger partial charge in [-0.05, 0) is 118 Å². The maximum atomic E-state index is 12.5. The third kappa shape index (κ3) is 9.59. The van der Waals surface area contributed by atoms with Crippen molar-refractivity contribution < 1.29 is 113 Å². The average molecular weight is 1070 g/mol. The molecule has 25 heteroatoms. The fourth-order valence-corrected chi connectivity index (χ4v) is 10.8. The topological polar surface area (TPSA) is 383 Å². The van der Waals surface area contributed by atoms with Gasteiger partial charge >= 0.3 is 0 Å². The Morgan fingerprint density at radius 2 is 0.865 bits per heavy atom. The summed E-state index contributed by atoms with van der Waals surface area (Å²) in [6.45, 7) is 25.2. The van der Waals surface area contributed by atoms with Crippen molar-refractivity contribution in [2.24, 2.45) is 0 Å². The lowest BCUT2D eigenvalue weighted by Gasteiger charge is -2.66. The largest absolute Gasteiger partial charge is 0.547 e. The molecular formula is C49H88N2O23-2. The van der Waals surface area contributed by atoms with Gasteiger partial charge in [0.15, 0.2) is 12.6 Å². The van der Waals surface area contributed by atoms with E-state index in [0.29, 0.717) is 6.61 Å². The van der Waals surface area contributed by atoms with Gasteiger partial charge in [0.2, 0.25) is 11.8 Å². The van der Waals surface area contributed by atoms with E-state index in [1.165, 1.54) is 118 Å². The Balaban J connectivity index is 0.000000491. The number of ether oxygens (including phenoxy) is 9. The van der Waals surface area contributed by atoms with Gasteiger partial charge in [-0.3, -0.25) is 9.59 Å². The molecule has 0 aromatic carbocycles. The molecule has 2 amide bonds. The van der Waals surface area contributed by atoms with Crippen LogP contribution < -0.4 is 20.8 Å². The summed E-state index contributed by atoms with van der Waals surface area (Å²) in [5, 5.41) is 116. The predicted molar refractivity (Wildman–Crippen MR) is 255 cm³/mol. The molecule has 0 spiro atoms. The molecule has 20 atom stereocenters. The number of aliphatic hydroxyl groups is 8. The molecule has 0 radical (unpaired) electrons. The minimum absolute atomic E-state index is 0.115. The summed E-state index contributed by atoms with van der Waals surface area (Å²) in [5.74, 6) is -4.53. The number of carbonyl (C=O) groups excluding carboxylic acids is 4. The van der Waals surface area contributed by atoms with E-state index in [4.69, 9.17) is 47.7 Å². The summed E-state index contributed by atoms with van der Waals surface area (Å²) in [6.07, 6.45) is -8.42. The van der Waals surface area contributed by atoms with E-state index in [0.717, 1.165) is 14.0 Å². The fourth-order valence-electron chi connectivity index (χ4n) is 10.8. The number of carboxylic acid groups (broad SMARTS) is 2. The van der Waals surface area contributed by atoms with E-state index in [2.05, 4.69) is 10.6 Å². The van der Waals surface area contributed by atoms with E-state index >= 15 is 0 Å². The Hall–Kier alpha value is -2.80. The standard InChI is InChI=1S/C25H45NO11.C23H41NO11.CH4O/c1-12-34-13-19(4)16(28)22(7,33-11)20(5,26-15(3)27)18(36-19)37-25(10)23(8,17(29)30)35-14(2)21(6,31)24(25,9)32;1-12-19(5,30)22(8,31)23(9,21(7,33-12)15(28)29)35-16-18(4,24-13(2)26)20(6,32-10)14(27)17(3,11-25)34-16;1-2/h14,16,18,28,31-32H,12-13H2,1-11H3,(H,26,27)(H,29,30);12,14,16,25,27,30-31H,11H2,1-10H3,(H,24,26)(H,28,29);2H,1H3/p-2. The first-order valence-corrected chi connectivity index (χ1v) is 24.2. The van der Waals surface area contributed by atoms with E-state index in [1.54, 1.807) is 20.8 Å². The summed E-state index contributed by atoms with van der Waals surface area (Å²) in [6, 6.07) is 0. The first-order valence-electron chi connectivity index (χ1n) is 24.2. The van der Waals surface area contributed by atoms with Gasteiger partial charge in [0.25, 0.3) is 0 Å². The first kappa shape index (κ1) is 67.3. The lowest BCUT2D eigenvalue weighted by Crippen LogP contribution is -2.87. The smallest absolute Gasteiger partial charge is 0.217 e. The molecule has 25 nitrogen and oxygen atoms in total. The highest BCUT2D eigenvalue weighted by Crippen LogP contribution is 2.57. The number of hydrogen-bond acceptors (Lipinski definition) is 23. The summed E-state index contributed by atoms with van der Waals surface area (Å²) in [5.41, 5.74) is -27.6. The number of hydrogen-bond donors (Lipinski definition) is 10. The van der Waals surface area contributed by atoms with Gasteiger partial charge in [-0.2, -0.15) is 0 Å². The van der Waals surface area contributed by atoms with E-state index in [9.17, 15) is 65.1 Å². The predicted octanol–water partition coefficient (Wildman–Crippen LogP) is -3.43. The van der Waals surface area contributed by atoms with E-state index in [-0.39, 0.29) is 6.61 Å².